The molecule has 0 bridgehead atoms. The topological polar surface area (TPSA) is 12.9 Å². The van der Waals surface area contributed by atoms with Crippen LogP contribution in [0.2, 0.25) is 0 Å². The van der Waals surface area contributed by atoms with E-state index in [-0.39, 0.29) is 0 Å². The van der Waals surface area contributed by atoms with Gasteiger partial charge >= 0.3 is 0 Å². The van der Waals surface area contributed by atoms with Gasteiger partial charge in [-0.1, -0.05) is 48.5 Å². The van der Waals surface area contributed by atoms with Crippen molar-refractivity contribution in [3.63, 3.8) is 0 Å². The van der Waals surface area contributed by atoms with Gasteiger partial charge in [0.15, 0.2) is 0 Å². The van der Waals surface area contributed by atoms with Crippen LogP contribution in [-0.2, 0) is 6.42 Å². The second kappa shape index (κ2) is 4.95. The summed E-state index contributed by atoms with van der Waals surface area (Å²) in [6, 6.07) is 19.2. The van der Waals surface area contributed by atoms with Crippen molar-refractivity contribution in [2.45, 2.75) is 17.9 Å². The van der Waals surface area contributed by atoms with Crippen molar-refractivity contribution in [1.82, 2.24) is 4.98 Å². The van der Waals surface area contributed by atoms with Gasteiger partial charge in [0.1, 0.15) is 5.03 Å². The lowest BCUT2D eigenvalue weighted by molar-refractivity contribution is 0.869. The van der Waals surface area contributed by atoms with Crippen molar-refractivity contribution in [2.75, 3.05) is 5.75 Å². The van der Waals surface area contributed by atoms with E-state index in [2.05, 4.69) is 54.6 Å². The number of rotatable bonds is 1. The molecule has 98 valence electrons. The van der Waals surface area contributed by atoms with Crippen LogP contribution in [0.4, 0.5) is 0 Å². The van der Waals surface area contributed by atoms with E-state index < -0.39 is 0 Å². The van der Waals surface area contributed by atoms with Crippen LogP contribution >= 0.6 is 11.8 Å². The van der Waals surface area contributed by atoms with Gasteiger partial charge in [-0.25, -0.2) is 4.98 Å². The van der Waals surface area contributed by atoms with E-state index in [4.69, 9.17) is 4.98 Å². The Labute approximate surface area is 123 Å². The van der Waals surface area contributed by atoms with Crippen molar-refractivity contribution in [2.24, 2.45) is 0 Å². The molecule has 0 saturated heterocycles. The predicted octanol–water partition coefficient (Wildman–Crippen LogP) is 4.94. The monoisotopic (exact) mass is 277 g/mol. The van der Waals surface area contributed by atoms with Crippen LogP contribution in [0, 0.1) is 0 Å². The zero-order chi connectivity index (χ0) is 13.4. The quantitative estimate of drug-likeness (QED) is 0.625. The summed E-state index contributed by atoms with van der Waals surface area (Å²) < 4.78 is 0. The average molecular weight is 277 g/mol. The van der Waals surface area contributed by atoms with Crippen LogP contribution in [-0.4, -0.2) is 10.7 Å². The van der Waals surface area contributed by atoms with E-state index in [1.54, 1.807) is 0 Å². The molecule has 3 aromatic rings. The van der Waals surface area contributed by atoms with Gasteiger partial charge in [-0.2, -0.15) is 0 Å². The number of benzene rings is 2. The fraction of sp³-hybridized carbons (Fsp3) is 0.167. The number of pyridine rings is 1. The molecule has 1 aromatic heterocycles. The maximum absolute atomic E-state index is 4.86. The van der Waals surface area contributed by atoms with Crippen LogP contribution in [0.3, 0.4) is 0 Å². The Morgan fingerprint density at radius 3 is 2.60 bits per heavy atom. The Kier molecular flexibility index (Phi) is 2.96. The van der Waals surface area contributed by atoms with E-state index in [9.17, 15) is 0 Å². The average Bonchev–Trinajstić information content (AvgIpc) is 2.53. The Bertz CT molecular complexity index is 765. The minimum absolute atomic E-state index is 1.11. The smallest absolute Gasteiger partial charge is 0.101 e. The van der Waals surface area contributed by atoms with Gasteiger partial charge in [-0.3, -0.25) is 0 Å². The molecule has 0 atom stereocenters. The molecule has 2 heterocycles. The normalized spacial score (nSPS) is 14.2. The van der Waals surface area contributed by atoms with Crippen LogP contribution < -0.4 is 0 Å². The Balaban J connectivity index is 2.10. The van der Waals surface area contributed by atoms with Gasteiger partial charge in [0.05, 0.1) is 5.52 Å². The summed E-state index contributed by atoms with van der Waals surface area (Å²) in [4.78, 5) is 4.86. The molecule has 20 heavy (non-hydrogen) atoms. The molecule has 0 N–H and O–H groups in total. The Hall–Kier alpha value is -1.80. The van der Waals surface area contributed by atoms with Gasteiger partial charge in [-0.05, 0) is 41.4 Å². The number of aromatic nitrogens is 1. The van der Waals surface area contributed by atoms with E-state index in [0.29, 0.717) is 0 Å². The first-order valence-corrected chi connectivity index (χ1v) is 8.02. The summed E-state index contributed by atoms with van der Waals surface area (Å²) in [6.45, 7) is 0. The molecule has 1 aliphatic heterocycles. The fourth-order valence-corrected chi connectivity index (χ4v) is 3.96. The van der Waals surface area contributed by atoms with Gasteiger partial charge in [0.25, 0.3) is 0 Å². The van der Waals surface area contributed by atoms with E-state index in [1.165, 1.54) is 39.3 Å². The van der Waals surface area contributed by atoms with Gasteiger partial charge in [0.2, 0.25) is 0 Å². The third kappa shape index (κ3) is 1.92. The molecule has 0 unspecified atom stereocenters. The maximum atomic E-state index is 4.86. The lowest BCUT2D eigenvalue weighted by Gasteiger charge is -2.20. The molecular formula is C18H15NS. The highest BCUT2D eigenvalue weighted by molar-refractivity contribution is 7.99. The SMILES string of the molecule is c1ccc(-c2c3c(nc4ccccc24)SCCC3)cc1. The van der Waals surface area contributed by atoms with E-state index in [1.807, 2.05) is 11.8 Å². The molecule has 0 aliphatic carbocycles. The predicted molar refractivity (Wildman–Crippen MR) is 86.2 cm³/mol. The molecule has 0 radical (unpaired) electrons. The highest BCUT2D eigenvalue weighted by Gasteiger charge is 2.19. The van der Waals surface area contributed by atoms with Crippen LogP contribution in [0.1, 0.15) is 12.0 Å². The number of nitrogens with zero attached hydrogens (tertiary/aromatic N) is 1. The third-order valence-corrected chi connectivity index (χ3v) is 4.93. The molecule has 2 aromatic carbocycles. The molecule has 0 fully saturated rings. The van der Waals surface area contributed by atoms with Crippen LogP contribution in [0.15, 0.2) is 59.6 Å². The second-order valence-corrected chi connectivity index (χ2v) is 6.19. The van der Waals surface area contributed by atoms with E-state index >= 15 is 0 Å². The highest BCUT2D eigenvalue weighted by Crippen LogP contribution is 2.39. The van der Waals surface area contributed by atoms with Crippen molar-refractivity contribution in [1.29, 1.82) is 0 Å². The lowest BCUT2D eigenvalue weighted by atomic mass is 9.94. The van der Waals surface area contributed by atoms with Gasteiger partial charge < -0.3 is 0 Å². The highest BCUT2D eigenvalue weighted by atomic mass is 32.2. The number of para-hydroxylation sites is 1. The molecule has 0 spiro atoms. The van der Waals surface area contributed by atoms with Crippen molar-refractivity contribution >= 4 is 22.7 Å². The van der Waals surface area contributed by atoms with Crippen LogP contribution in [0.25, 0.3) is 22.0 Å². The lowest BCUT2D eigenvalue weighted by Crippen LogP contribution is -2.04. The third-order valence-electron chi connectivity index (χ3n) is 3.83. The fourth-order valence-electron chi connectivity index (χ4n) is 2.93. The Morgan fingerprint density at radius 1 is 0.900 bits per heavy atom. The van der Waals surface area contributed by atoms with Crippen molar-refractivity contribution < 1.29 is 0 Å². The zero-order valence-electron chi connectivity index (χ0n) is 11.2. The summed E-state index contributed by atoms with van der Waals surface area (Å²) in [5.41, 5.74) is 5.24. The van der Waals surface area contributed by atoms with Gasteiger partial charge in [0, 0.05) is 5.39 Å². The first kappa shape index (κ1) is 12.0. The Morgan fingerprint density at radius 2 is 1.70 bits per heavy atom. The number of hydrogen-bond acceptors (Lipinski definition) is 2. The largest absolute Gasteiger partial charge is 0.241 e. The zero-order valence-corrected chi connectivity index (χ0v) is 12.0. The minimum atomic E-state index is 1.11. The molecule has 1 aliphatic rings. The number of fused-ring (bicyclic) bond motifs is 2. The molecular weight excluding hydrogens is 262 g/mol. The van der Waals surface area contributed by atoms with Gasteiger partial charge in [-0.15, -0.1) is 11.8 Å². The number of hydrogen-bond donors (Lipinski definition) is 0. The second-order valence-electron chi connectivity index (χ2n) is 5.11. The summed E-state index contributed by atoms with van der Waals surface area (Å²) in [7, 11) is 0. The molecule has 0 saturated carbocycles. The van der Waals surface area contributed by atoms with Crippen LogP contribution in [0.5, 0.6) is 0 Å². The summed E-state index contributed by atoms with van der Waals surface area (Å²) in [5.74, 6) is 1.19. The van der Waals surface area contributed by atoms with E-state index in [0.717, 1.165) is 11.9 Å². The van der Waals surface area contributed by atoms with Crippen molar-refractivity contribution in [3.8, 4) is 11.1 Å². The van der Waals surface area contributed by atoms with Crippen molar-refractivity contribution in [3.05, 3.63) is 60.2 Å². The maximum Gasteiger partial charge on any atom is 0.101 e. The number of thioether (sulfide) groups is 1. The molecule has 4 rings (SSSR count). The molecule has 1 nitrogen and oxygen atoms in total. The standard InChI is InChI=1S/C18H15NS/c1-2-7-13(8-3-1)17-14-9-4-5-11-16(14)19-18-15(17)10-6-12-20-18/h1-5,7-9,11H,6,10,12H2. The summed E-state index contributed by atoms with van der Waals surface area (Å²) in [5, 5.41) is 2.51. The first-order chi connectivity index (χ1) is 9.93. The molecule has 2 heteroatoms. The summed E-state index contributed by atoms with van der Waals surface area (Å²) in [6.07, 6.45) is 2.39. The minimum Gasteiger partial charge on any atom is -0.241 e. The molecule has 0 amide bonds. The first-order valence-electron chi connectivity index (χ1n) is 7.03. The summed E-state index contributed by atoms with van der Waals surface area (Å²) >= 11 is 1.90.